The Morgan fingerprint density at radius 1 is 1.27 bits per heavy atom. The molecule has 1 fully saturated rings. The normalized spacial score (nSPS) is 15.6. The van der Waals surface area contributed by atoms with E-state index in [1.54, 1.807) is 18.5 Å². The molecule has 0 unspecified atom stereocenters. The van der Waals surface area contributed by atoms with Gasteiger partial charge in [0, 0.05) is 18.1 Å². The summed E-state index contributed by atoms with van der Waals surface area (Å²) in [7, 11) is 1.60. The molecule has 11 heteroatoms. The first-order valence-corrected chi connectivity index (χ1v) is 12.1. The van der Waals surface area contributed by atoms with E-state index in [1.807, 2.05) is 36.1 Å². The molecule has 1 aliphatic heterocycles. The standard InChI is InChI=1S/C26H27N7O4/c1-4-5-13-32-21-22(29-25(32)31-12-8-9-17(14-31)24(35)36)30(3)26(37)33(23(21)34)15-20-27-16(2)18-10-6-7-11-19(18)28-20/h6-7,10-11,17H,8-9,12-15H2,1-3H3,(H,35,36)/p+1/t17-/m1/s1. The minimum Gasteiger partial charge on any atom is -0.481 e. The number of benzene rings is 1. The SMILES string of the molecule is CC#CC[n+]1c(N2CCC[C@@H](C(=O)O)C2)[nH]c2c1c(=O)n(Cc1nc(C)c3ccccc3n1)c(=O)n2C. The number of carboxylic acids is 1. The summed E-state index contributed by atoms with van der Waals surface area (Å²) in [6.07, 6.45) is 1.30. The predicted molar refractivity (Wildman–Crippen MR) is 137 cm³/mol. The summed E-state index contributed by atoms with van der Waals surface area (Å²) in [6.45, 7) is 4.63. The van der Waals surface area contributed by atoms with Gasteiger partial charge in [-0.2, -0.15) is 0 Å². The van der Waals surface area contributed by atoms with E-state index in [0.29, 0.717) is 43.4 Å². The molecule has 0 amide bonds. The van der Waals surface area contributed by atoms with Gasteiger partial charge < -0.3 is 5.11 Å². The molecule has 190 valence electrons. The van der Waals surface area contributed by atoms with Gasteiger partial charge in [0.2, 0.25) is 11.2 Å². The smallest absolute Gasteiger partial charge is 0.360 e. The summed E-state index contributed by atoms with van der Waals surface area (Å²) in [6, 6.07) is 7.59. The lowest BCUT2D eigenvalue weighted by molar-refractivity contribution is -0.646. The number of piperidine rings is 1. The number of nitrogens with one attached hydrogen (secondary N) is 1. The number of aryl methyl sites for hydroxylation is 2. The molecule has 11 nitrogen and oxygen atoms in total. The molecule has 0 bridgehead atoms. The number of imidazole rings is 1. The molecule has 4 heterocycles. The lowest BCUT2D eigenvalue weighted by Crippen LogP contribution is -2.49. The fraction of sp³-hybridized carbons (Fsp3) is 0.385. The zero-order chi connectivity index (χ0) is 26.3. The lowest BCUT2D eigenvalue weighted by Gasteiger charge is -2.26. The Bertz CT molecular complexity index is 1720. The molecule has 0 spiro atoms. The Labute approximate surface area is 212 Å². The van der Waals surface area contributed by atoms with Crippen LogP contribution in [0.25, 0.3) is 22.1 Å². The van der Waals surface area contributed by atoms with Crippen LogP contribution in [0.15, 0.2) is 33.9 Å². The second-order valence-electron chi connectivity index (χ2n) is 9.26. The molecular weight excluding hydrogens is 474 g/mol. The van der Waals surface area contributed by atoms with Gasteiger partial charge >= 0.3 is 17.6 Å². The number of aliphatic carboxylic acids is 1. The molecule has 3 aromatic heterocycles. The van der Waals surface area contributed by atoms with Crippen molar-refractivity contribution in [1.82, 2.24) is 24.1 Å². The molecule has 1 saturated heterocycles. The number of carbonyl (C=O) groups is 1. The van der Waals surface area contributed by atoms with Crippen LogP contribution in [-0.2, 0) is 24.9 Å². The van der Waals surface area contributed by atoms with Crippen molar-refractivity contribution in [2.75, 3.05) is 18.0 Å². The van der Waals surface area contributed by atoms with Gasteiger partial charge in [-0.05, 0) is 32.8 Å². The number of aromatic amines is 1. The van der Waals surface area contributed by atoms with Crippen molar-refractivity contribution in [2.45, 2.75) is 39.8 Å². The maximum Gasteiger partial charge on any atom is 0.360 e. The van der Waals surface area contributed by atoms with Gasteiger partial charge in [-0.1, -0.05) is 24.1 Å². The van der Waals surface area contributed by atoms with E-state index >= 15 is 0 Å². The van der Waals surface area contributed by atoms with Crippen molar-refractivity contribution in [1.29, 1.82) is 0 Å². The molecule has 2 N–H and O–H groups in total. The van der Waals surface area contributed by atoms with Crippen LogP contribution in [0.5, 0.6) is 0 Å². The molecule has 1 atom stereocenters. The number of carboxylic acid groups (broad SMARTS) is 1. The molecule has 0 radical (unpaired) electrons. The topological polar surface area (TPSA) is 130 Å². The first-order chi connectivity index (χ1) is 17.8. The Hall–Kier alpha value is -4.46. The Morgan fingerprint density at radius 3 is 2.81 bits per heavy atom. The minimum absolute atomic E-state index is 0.0854. The van der Waals surface area contributed by atoms with Gasteiger partial charge in [-0.15, -0.1) is 5.92 Å². The van der Waals surface area contributed by atoms with E-state index in [0.717, 1.165) is 21.2 Å². The molecule has 0 saturated carbocycles. The van der Waals surface area contributed by atoms with Crippen molar-refractivity contribution in [3.8, 4) is 11.8 Å². The Kier molecular flexibility index (Phi) is 6.25. The summed E-state index contributed by atoms with van der Waals surface area (Å²) in [5.41, 5.74) is 1.16. The Balaban J connectivity index is 1.67. The summed E-state index contributed by atoms with van der Waals surface area (Å²) >= 11 is 0. The maximum atomic E-state index is 13.8. The van der Waals surface area contributed by atoms with Crippen molar-refractivity contribution in [3.63, 3.8) is 0 Å². The highest BCUT2D eigenvalue weighted by Gasteiger charge is 2.34. The van der Waals surface area contributed by atoms with E-state index in [9.17, 15) is 19.5 Å². The summed E-state index contributed by atoms with van der Waals surface area (Å²) in [5.74, 6) is 5.43. The fourth-order valence-corrected chi connectivity index (χ4v) is 5.00. The van der Waals surface area contributed by atoms with Gasteiger partial charge in [-0.25, -0.2) is 28.9 Å². The average Bonchev–Trinajstić information content (AvgIpc) is 3.28. The lowest BCUT2D eigenvalue weighted by atomic mass is 9.99. The molecule has 1 aliphatic rings. The number of hydrogen-bond acceptors (Lipinski definition) is 6. The minimum atomic E-state index is -0.846. The highest BCUT2D eigenvalue weighted by Crippen LogP contribution is 2.22. The van der Waals surface area contributed by atoms with Crippen LogP contribution in [0.2, 0.25) is 0 Å². The summed E-state index contributed by atoms with van der Waals surface area (Å²) in [5, 5.41) is 10.5. The molecule has 5 rings (SSSR count). The average molecular weight is 503 g/mol. The van der Waals surface area contributed by atoms with Crippen LogP contribution in [0.4, 0.5) is 5.95 Å². The zero-order valence-corrected chi connectivity index (χ0v) is 21.0. The van der Waals surface area contributed by atoms with E-state index in [2.05, 4.69) is 26.8 Å². The molecule has 0 aliphatic carbocycles. The van der Waals surface area contributed by atoms with Crippen LogP contribution in [0, 0.1) is 24.7 Å². The van der Waals surface area contributed by atoms with Crippen LogP contribution in [0.1, 0.15) is 31.3 Å². The predicted octanol–water partition coefficient (Wildman–Crippen LogP) is 0.940. The number of hydrogen-bond donors (Lipinski definition) is 2. The zero-order valence-electron chi connectivity index (χ0n) is 21.0. The van der Waals surface area contributed by atoms with Crippen LogP contribution in [-0.4, -0.2) is 48.3 Å². The maximum absolute atomic E-state index is 13.8. The van der Waals surface area contributed by atoms with Crippen LogP contribution in [0.3, 0.4) is 0 Å². The first kappa shape index (κ1) is 24.2. The number of aromatic nitrogens is 6. The third kappa shape index (κ3) is 4.24. The number of nitrogens with zero attached hydrogens (tertiary/aromatic N) is 6. The van der Waals surface area contributed by atoms with Gasteiger partial charge in [0.15, 0.2) is 0 Å². The first-order valence-electron chi connectivity index (χ1n) is 12.1. The third-order valence-electron chi connectivity index (χ3n) is 6.90. The highest BCUT2D eigenvalue weighted by molar-refractivity contribution is 5.80. The van der Waals surface area contributed by atoms with Gasteiger partial charge in [0.1, 0.15) is 12.4 Å². The number of anilines is 1. The van der Waals surface area contributed by atoms with E-state index < -0.39 is 23.1 Å². The van der Waals surface area contributed by atoms with Gasteiger partial charge in [-0.3, -0.25) is 19.1 Å². The number of rotatable bonds is 5. The van der Waals surface area contributed by atoms with Crippen molar-refractivity contribution >= 4 is 34.0 Å². The second kappa shape index (κ2) is 9.54. The van der Waals surface area contributed by atoms with Crippen LogP contribution >= 0.6 is 0 Å². The van der Waals surface area contributed by atoms with E-state index in [-0.39, 0.29) is 18.6 Å². The number of fused-ring (bicyclic) bond motifs is 2. The second-order valence-corrected chi connectivity index (χ2v) is 9.26. The van der Waals surface area contributed by atoms with E-state index in [1.165, 1.54) is 4.57 Å². The van der Waals surface area contributed by atoms with E-state index in [4.69, 9.17) is 0 Å². The summed E-state index contributed by atoms with van der Waals surface area (Å²) < 4.78 is 4.26. The monoisotopic (exact) mass is 502 g/mol. The van der Waals surface area contributed by atoms with Crippen molar-refractivity contribution in [3.05, 3.63) is 56.6 Å². The Morgan fingerprint density at radius 2 is 2.05 bits per heavy atom. The molecule has 1 aromatic carbocycles. The molecular formula is C26H28N7O4+. The number of H-pyrrole nitrogens is 1. The molecule has 37 heavy (non-hydrogen) atoms. The number of para-hydroxylation sites is 1. The largest absolute Gasteiger partial charge is 0.481 e. The quantitative estimate of drug-likeness (QED) is 0.307. The highest BCUT2D eigenvalue weighted by atomic mass is 16.4. The summed E-state index contributed by atoms with van der Waals surface area (Å²) in [4.78, 5) is 53.1. The van der Waals surface area contributed by atoms with Crippen molar-refractivity contribution < 1.29 is 14.5 Å². The van der Waals surface area contributed by atoms with Crippen molar-refractivity contribution in [2.24, 2.45) is 13.0 Å². The molecule has 4 aromatic rings. The van der Waals surface area contributed by atoms with Gasteiger partial charge in [0.05, 0.1) is 31.1 Å². The third-order valence-corrected chi connectivity index (χ3v) is 6.90. The fourth-order valence-electron chi connectivity index (χ4n) is 5.00. The van der Waals surface area contributed by atoms with Gasteiger partial charge in [0.25, 0.3) is 5.56 Å². The van der Waals surface area contributed by atoms with Crippen LogP contribution < -0.4 is 20.7 Å².